The van der Waals surface area contributed by atoms with Crippen LogP contribution in [0.25, 0.3) is 11.0 Å². The molecule has 0 spiro atoms. The van der Waals surface area contributed by atoms with E-state index in [4.69, 9.17) is 4.42 Å². The van der Waals surface area contributed by atoms with Crippen molar-refractivity contribution in [3.63, 3.8) is 0 Å². The van der Waals surface area contributed by atoms with Crippen molar-refractivity contribution in [3.8, 4) is 5.75 Å². The van der Waals surface area contributed by atoms with Crippen LogP contribution in [0.1, 0.15) is 15.9 Å². The largest absolute Gasteiger partial charge is 0.507 e. The Morgan fingerprint density at radius 1 is 1.35 bits per heavy atom. The van der Waals surface area contributed by atoms with E-state index >= 15 is 0 Å². The minimum absolute atomic E-state index is 0.00130. The van der Waals surface area contributed by atoms with Crippen LogP contribution in [0.2, 0.25) is 0 Å². The molecule has 2 aromatic rings. The van der Waals surface area contributed by atoms with Crippen molar-refractivity contribution in [2.75, 3.05) is 14.1 Å². The molecule has 104 valence electrons. The maximum absolute atomic E-state index is 12.2. The topological polar surface area (TPSA) is 70.8 Å². The third kappa shape index (κ3) is 2.56. The molecule has 2 rings (SSSR count). The molecule has 5 nitrogen and oxygen atoms in total. The van der Waals surface area contributed by atoms with Crippen LogP contribution in [-0.4, -0.2) is 29.9 Å². The molecule has 0 fully saturated rings. The Bertz CT molecular complexity index is 756. The van der Waals surface area contributed by atoms with Crippen molar-refractivity contribution in [3.05, 3.63) is 52.0 Å². The van der Waals surface area contributed by atoms with Gasteiger partial charge in [-0.05, 0) is 24.6 Å². The summed E-state index contributed by atoms with van der Waals surface area (Å²) < 4.78 is 5.10. The first kappa shape index (κ1) is 13.9. The van der Waals surface area contributed by atoms with Crippen molar-refractivity contribution in [2.45, 2.75) is 6.92 Å². The smallest absolute Gasteiger partial charge is 0.336 e. The fourth-order valence-electron chi connectivity index (χ4n) is 1.91. The van der Waals surface area contributed by atoms with Crippen molar-refractivity contribution >= 4 is 16.8 Å². The number of nitrogens with zero attached hydrogens (tertiary/aromatic N) is 1. The SMILES string of the molecule is Cc1cc(=O)oc2c(C(=O)/C=C\N(C)C)c(O)ccc12. The number of hydrogen-bond donors (Lipinski definition) is 1. The summed E-state index contributed by atoms with van der Waals surface area (Å²) in [5.74, 6) is -0.629. The van der Waals surface area contributed by atoms with Crippen LogP contribution in [0.5, 0.6) is 5.75 Å². The summed E-state index contributed by atoms with van der Waals surface area (Å²) in [5.41, 5.74) is 0.262. The van der Waals surface area contributed by atoms with E-state index in [2.05, 4.69) is 0 Å². The predicted molar refractivity (Wildman–Crippen MR) is 76.0 cm³/mol. The van der Waals surface area contributed by atoms with Crippen molar-refractivity contribution in [2.24, 2.45) is 0 Å². The van der Waals surface area contributed by atoms with Crippen LogP contribution in [0, 0.1) is 6.92 Å². The first-order valence-electron chi connectivity index (χ1n) is 6.05. The normalized spacial score (nSPS) is 11.2. The minimum Gasteiger partial charge on any atom is -0.507 e. The van der Waals surface area contributed by atoms with E-state index in [0.717, 1.165) is 0 Å². The molecule has 0 saturated heterocycles. The standard InChI is InChI=1S/C15H15NO4/c1-9-8-13(19)20-15-10(9)4-5-11(17)14(15)12(18)6-7-16(2)3/h4-8,17H,1-3H3/b7-6-. The number of aryl methyl sites for hydroxylation is 1. The number of phenols is 1. The number of allylic oxidation sites excluding steroid dienone is 1. The van der Waals surface area contributed by atoms with E-state index in [0.29, 0.717) is 10.9 Å². The molecular formula is C15H15NO4. The summed E-state index contributed by atoms with van der Waals surface area (Å²) in [6, 6.07) is 4.39. The Labute approximate surface area is 115 Å². The van der Waals surface area contributed by atoms with Gasteiger partial charge >= 0.3 is 5.63 Å². The monoisotopic (exact) mass is 273 g/mol. The summed E-state index contributed by atoms with van der Waals surface area (Å²) in [7, 11) is 3.55. The minimum atomic E-state index is -0.550. The zero-order valence-corrected chi connectivity index (χ0v) is 11.5. The van der Waals surface area contributed by atoms with E-state index in [1.54, 1.807) is 38.2 Å². The first-order valence-corrected chi connectivity index (χ1v) is 6.05. The Balaban J connectivity index is 2.71. The average molecular weight is 273 g/mol. The third-order valence-corrected chi connectivity index (χ3v) is 2.87. The molecule has 0 radical (unpaired) electrons. The van der Waals surface area contributed by atoms with Crippen LogP contribution in [-0.2, 0) is 0 Å². The molecule has 1 aromatic carbocycles. The summed E-state index contributed by atoms with van der Waals surface area (Å²) in [6.07, 6.45) is 2.88. The Morgan fingerprint density at radius 3 is 2.70 bits per heavy atom. The second-order valence-corrected chi connectivity index (χ2v) is 4.73. The maximum atomic E-state index is 12.2. The van der Waals surface area contributed by atoms with Gasteiger partial charge in [-0.15, -0.1) is 0 Å². The molecule has 0 unspecified atom stereocenters. The van der Waals surface area contributed by atoms with Gasteiger partial charge in [0.2, 0.25) is 0 Å². The highest BCUT2D eigenvalue weighted by Gasteiger charge is 2.17. The third-order valence-electron chi connectivity index (χ3n) is 2.87. The molecule has 0 amide bonds. The molecule has 0 aliphatic carbocycles. The van der Waals surface area contributed by atoms with Crippen LogP contribution < -0.4 is 5.63 Å². The number of aromatic hydroxyl groups is 1. The molecule has 0 aliphatic rings. The first-order chi connectivity index (χ1) is 9.40. The van der Waals surface area contributed by atoms with Gasteiger partial charge in [0, 0.05) is 37.8 Å². The number of fused-ring (bicyclic) bond motifs is 1. The molecule has 1 N–H and O–H groups in total. The van der Waals surface area contributed by atoms with Gasteiger partial charge in [0.25, 0.3) is 0 Å². The summed E-state index contributed by atoms with van der Waals surface area (Å²) in [5, 5.41) is 10.5. The van der Waals surface area contributed by atoms with Crippen LogP contribution in [0.3, 0.4) is 0 Å². The van der Waals surface area contributed by atoms with Crippen LogP contribution in [0.15, 0.2) is 39.7 Å². The quantitative estimate of drug-likeness (QED) is 0.526. The molecule has 0 atom stereocenters. The van der Waals surface area contributed by atoms with E-state index < -0.39 is 11.4 Å². The molecule has 20 heavy (non-hydrogen) atoms. The van der Waals surface area contributed by atoms with E-state index in [-0.39, 0.29) is 16.9 Å². The van der Waals surface area contributed by atoms with E-state index in [9.17, 15) is 14.7 Å². The van der Waals surface area contributed by atoms with Gasteiger partial charge in [-0.2, -0.15) is 0 Å². The highest BCUT2D eigenvalue weighted by molar-refractivity contribution is 6.14. The molecule has 1 heterocycles. The molecule has 1 aromatic heterocycles. The summed E-state index contributed by atoms with van der Waals surface area (Å²) >= 11 is 0. The molecule has 0 saturated carbocycles. The van der Waals surface area contributed by atoms with Crippen molar-refractivity contribution in [1.82, 2.24) is 4.90 Å². The van der Waals surface area contributed by atoms with Crippen molar-refractivity contribution < 1.29 is 14.3 Å². The van der Waals surface area contributed by atoms with E-state index in [1.807, 2.05) is 0 Å². The van der Waals surface area contributed by atoms with Crippen molar-refractivity contribution in [1.29, 1.82) is 0 Å². The fourth-order valence-corrected chi connectivity index (χ4v) is 1.91. The number of hydrogen-bond acceptors (Lipinski definition) is 5. The van der Waals surface area contributed by atoms with Gasteiger partial charge in [0.1, 0.15) is 11.3 Å². The zero-order chi connectivity index (χ0) is 14.9. The zero-order valence-electron chi connectivity index (χ0n) is 11.5. The van der Waals surface area contributed by atoms with Crippen LogP contribution in [0.4, 0.5) is 0 Å². The molecule has 0 bridgehead atoms. The van der Waals surface area contributed by atoms with Gasteiger partial charge in [0.15, 0.2) is 11.4 Å². The van der Waals surface area contributed by atoms with Gasteiger partial charge in [0.05, 0.1) is 0 Å². The summed E-state index contributed by atoms with van der Waals surface area (Å²) in [4.78, 5) is 25.3. The second-order valence-electron chi connectivity index (χ2n) is 4.73. The lowest BCUT2D eigenvalue weighted by Gasteiger charge is -2.07. The van der Waals surface area contributed by atoms with Gasteiger partial charge < -0.3 is 14.4 Å². The average Bonchev–Trinajstić information content (AvgIpc) is 2.35. The Hall–Kier alpha value is -2.56. The number of rotatable bonds is 3. The summed E-state index contributed by atoms with van der Waals surface area (Å²) in [6.45, 7) is 1.75. The highest BCUT2D eigenvalue weighted by Crippen LogP contribution is 2.28. The molecule has 0 aliphatic heterocycles. The Kier molecular flexibility index (Phi) is 3.61. The molecular weight excluding hydrogens is 258 g/mol. The Morgan fingerprint density at radius 2 is 2.05 bits per heavy atom. The van der Waals surface area contributed by atoms with Gasteiger partial charge in [-0.25, -0.2) is 4.79 Å². The van der Waals surface area contributed by atoms with Crippen LogP contribution >= 0.6 is 0 Å². The number of carbonyl (C=O) groups excluding carboxylic acids is 1. The lowest BCUT2D eigenvalue weighted by Crippen LogP contribution is -2.05. The number of carbonyl (C=O) groups is 1. The van der Waals surface area contributed by atoms with E-state index in [1.165, 1.54) is 18.2 Å². The maximum Gasteiger partial charge on any atom is 0.336 e. The highest BCUT2D eigenvalue weighted by atomic mass is 16.4. The predicted octanol–water partition coefficient (Wildman–Crippen LogP) is 2.07. The number of benzene rings is 1. The number of phenolic OH excluding ortho intramolecular Hbond substituents is 1. The molecule has 5 heteroatoms. The van der Waals surface area contributed by atoms with Gasteiger partial charge in [-0.3, -0.25) is 4.79 Å². The lowest BCUT2D eigenvalue weighted by atomic mass is 10.0. The lowest BCUT2D eigenvalue weighted by molar-refractivity contribution is 0.104. The second kappa shape index (κ2) is 5.21. The number of ketones is 1. The van der Waals surface area contributed by atoms with Gasteiger partial charge in [-0.1, -0.05) is 0 Å². The fraction of sp³-hybridized carbons (Fsp3) is 0.200.